The number of fused-ring (bicyclic) bond motifs is 1. The predicted molar refractivity (Wildman–Crippen MR) is 115 cm³/mol. The Kier molecular flexibility index (Phi) is 6.75. The summed E-state index contributed by atoms with van der Waals surface area (Å²) in [5.74, 6) is -2.97. The molecule has 10 nitrogen and oxygen atoms in total. The Morgan fingerprint density at radius 1 is 1.21 bits per heavy atom. The van der Waals surface area contributed by atoms with Gasteiger partial charge in [0.1, 0.15) is 17.3 Å². The van der Waals surface area contributed by atoms with Crippen molar-refractivity contribution in [3.8, 4) is 0 Å². The molecule has 1 saturated heterocycles. The Morgan fingerprint density at radius 3 is 2.68 bits per heavy atom. The van der Waals surface area contributed by atoms with E-state index in [9.17, 15) is 22.8 Å². The molecule has 0 saturated carbocycles. The van der Waals surface area contributed by atoms with Crippen LogP contribution in [-0.2, 0) is 20.5 Å². The van der Waals surface area contributed by atoms with E-state index in [1.165, 1.54) is 0 Å². The van der Waals surface area contributed by atoms with Gasteiger partial charge in [0.05, 0.1) is 24.2 Å². The molecule has 1 unspecified atom stereocenters. The second kappa shape index (κ2) is 9.73. The maximum atomic E-state index is 13.0. The summed E-state index contributed by atoms with van der Waals surface area (Å²) in [7, 11) is 0. The number of H-pyrrole nitrogens is 1. The first-order valence-corrected chi connectivity index (χ1v) is 10.5. The first-order valence-electron chi connectivity index (χ1n) is 10.5. The zero-order valence-corrected chi connectivity index (χ0v) is 17.9. The van der Waals surface area contributed by atoms with Crippen LogP contribution in [0.25, 0.3) is 11.0 Å². The van der Waals surface area contributed by atoms with Crippen LogP contribution in [0.15, 0.2) is 30.5 Å². The van der Waals surface area contributed by atoms with Gasteiger partial charge >= 0.3 is 6.18 Å². The quantitative estimate of drug-likeness (QED) is 0.470. The van der Waals surface area contributed by atoms with Crippen molar-refractivity contribution in [2.24, 2.45) is 5.73 Å². The molecule has 1 fully saturated rings. The number of primary amides is 1. The lowest BCUT2D eigenvalue weighted by Crippen LogP contribution is -2.38. The smallest absolute Gasteiger partial charge is 0.379 e. The lowest BCUT2D eigenvalue weighted by molar-refractivity contribution is -0.141. The van der Waals surface area contributed by atoms with Gasteiger partial charge in [0, 0.05) is 37.9 Å². The van der Waals surface area contributed by atoms with Gasteiger partial charge in [0.25, 0.3) is 0 Å². The highest BCUT2D eigenvalue weighted by molar-refractivity contribution is 5.93. The van der Waals surface area contributed by atoms with Crippen LogP contribution in [0.3, 0.4) is 0 Å². The van der Waals surface area contributed by atoms with Crippen LogP contribution in [0, 0.1) is 0 Å². The molecule has 34 heavy (non-hydrogen) atoms. The number of hydrogen-bond acceptors (Lipinski definition) is 7. The number of imidazole rings is 1. The number of aromatic amines is 1. The summed E-state index contributed by atoms with van der Waals surface area (Å²) in [4.78, 5) is 41.0. The largest absolute Gasteiger partial charge is 0.433 e. The van der Waals surface area contributed by atoms with Gasteiger partial charge in [0.2, 0.25) is 11.8 Å². The molecule has 0 aliphatic carbocycles. The molecule has 0 bridgehead atoms. The minimum absolute atomic E-state index is 0.00221. The van der Waals surface area contributed by atoms with E-state index in [4.69, 9.17) is 10.5 Å². The third-order valence-corrected chi connectivity index (χ3v) is 5.32. The Bertz CT molecular complexity index is 1190. The summed E-state index contributed by atoms with van der Waals surface area (Å²) in [6, 6.07) is 5.56. The van der Waals surface area contributed by atoms with E-state index in [1.54, 1.807) is 18.2 Å². The van der Waals surface area contributed by atoms with Crippen molar-refractivity contribution in [3.05, 3.63) is 47.8 Å². The predicted octanol–water partition coefficient (Wildman–Crippen LogP) is 1.65. The van der Waals surface area contributed by atoms with Crippen molar-refractivity contribution >= 4 is 28.5 Å². The van der Waals surface area contributed by atoms with E-state index in [2.05, 4.69) is 30.2 Å². The lowest BCUT2D eigenvalue weighted by atomic mass is 10.1. The fourth-order valence-electron chi connectivity index (χ4n) is 3.61. The van der Waals surface area contributed by atoms with Crippen LogP contribution in [0.2, 0.25) is 0 Å². The zero-order chi connectivity index (χ0) is 24.3. The zero-order valence-electron chi connectivity index (χ0n) is 17.9. The van der Waals surface area contributed by atoms with Crippen molar-refractivity contribution in [2.75, 3.05) is 38.2 Å². The number of nitrogens with two attached hydrogens (primary N) is 1. The van der Waals surface area contributed by atoms with Crippen molar-refractivity contribution < 1.29 is 27.5 Å². The van der Waals surface area contributed by atoms with Crippen LogP contribution < -0.4 is 11.1 Å². The first-order chi connectivity index (χ1) is 16.2. The van der Waals surface area contributed by atoms with Gasteiger partial charge in [-0.3, -0.25) is 14.5 Å². The highest BCUT2D eigenvalue weighted by Gasteiger charge is 2.35. The van der Waals surface area contributed by atoms with Gasteiger partial charge in [-0.15, -0.1) is 0 Å². The molecule has 2 amide bonds. The van der Waals surface area contributed by atoms with Crippen molar-refractivity contribution in [2.45, 2.75) is 18.5 Å². The molecular weight excluding hydrogens is 455 g/mol. The van der Waals surface area contributed by atoms with E-state index in [1.807, 2.05) is 0 Å². The Morgan fingerprint density at radius 2 is 1.97 bits per heavy atom. The fourth-order valence-corrected chi connectivity index (χ4v) is 3.61. The number of morpholine rings is 1. The molecule has 1 aliphatic heterocycles. The lowest BCUT2D eigenvalue weighted by Gasteiger charge is -2.26. The maximum absolute atomic E-state index is 13.0. The number of carbonyl (C=O) groups is 2. The van der Waals surface area contributed by atoms with Crippen molar-refractivity contribution in [3.63, 3.8) is 0 Å². The van der Waals surface area contributed by atoms with Crippen molar-refractivity contribution in [1.82, 2.24) is 24.8 Å². The average molecular weight is 477 g/mol. The number of alkyl halides is 3. The number of rotatable bonds is 7. The molecule has 1 atom stereocenters. The second-order valence-corrected chi connectivity index (χ2v) is 7.74. The maximum Gasteiger partial charge on any atom is 0.433 e. The highest BCUT2D eigenvalue weighted by atomic mass is 19.4. The molecule has 4 N–H and O–H groups in total. The Labute approximate surface area is 191 Å². The minimum atomic E-state index is -4.71. The average Bonchev–Trinajstić information content (AvgIpc) is 3.20. The summed E-state index contributed by atoms with van der Waals surface area (Å²) < 4.78 is 44.4. The number of anilines is 1. The summed E-state index contributed by atoms with van der Waals surface area (Å²) in [5, 5.41) is 2.80. The summed E-state index contributed by atoms with van der Waals surface area (Å²) >= 11 is 0. The van der Waals surface area contributed by atoms with Gasteiger partial charge in [0.15, 0.2) is 5.92 Å². The number of amides is 2. The molecule has 13 heteroatoms. The molecular formula is C21H22F3N7O3. The number of hydrogen-bond donors (Lipinski definition) is 3. The molecule has 1 aliphatic rings. The molecule has 180 valence electrons. The third-order valence-electron chi connectivity index (χ3n) is 5.32. The normalized spacial score (nSPS) is 15.9. The van der Waals surface area contributed by atoms with Gasteiger partial charge in [-0.05, 0) is 24.3 Å². The van der Waals surface area contributed by atoms with Crippen LogP contribution in [0.5, 0.6) is 0 Å². The molecule has 4 rings (SSSR count). The van der Waals surface area contributed by atoms with Crippen LogP contribution >= 0.6 is 0 Å². The van der Waals surface area contributed by atoms with Gasteiger partial charge < -0.3 is 20.8 Å². The summed E-state index contributed by atoms with van der Waals surface area (Å²) in [5.41, 5.74) is 5.64. The highest BCUT2D eigenvalue weighted by Crippen LogP contribution is 2.29. The summed E-state index contributed by atoms with van der Waals surface area (Å²) in [6.45, 7) is 3.49. The van der Waals surface area contributed by atoms with E-state index >= 15 is 0 Å². The van der Waals surface area contributed by atoms with Crippen LogP contribution in [0.4, 0.5) is 18.9 Å². The van der Waals surface area contributed by atoms with Crippen molar-refractivity contribution in [1.29, 1.82) is 0 Å². The van der Waals surface area contributed by atoms with Gasteiger partial charge in [-0.2, -0.15) is 13.2 Å². The number of halogens is 3. The Balaban J connectivity index is 1.51. The second-order valence-electron chi connectivity index (χ2n) is 7.74. The standard InChI is InChI=1S/C21H22F3N7O3/c22-21(23,24)15-3-5-26-19(30-15)17(18(25)33)20-28-13-2-1-12(11-14(13)29-20)27-16(32)4-6-31-7-9-34-10-8-31/h1-3,5,11,17H,4,6-10H2,(H2,25,33)(H,27,32)(H,28,29). The summed E-state index contributed by atoms with van der Waals surface area (Å²) in [6.07, 6.45) is -3.49. The van der Waals surface area contributed by atoms with E-state index in [0.29, 0.717) is 49.0 Å². The third kappa shape index (κ3) is 5.48. The van der Waals surface area contributed by atoms with E-state index < -0.39 is 29.5 Å². The molecule has 1 aromatic carbocycles. The first kappa shape index (κ1) is 23.6. The topological polar surface area (TPSA) is 139 Å². The minimum Gasteiger partial charge on any atom is -0.379 e. The SMILES string of the molecule is NC(=O)C(c1nccc(C(F)(F)F)n1)c1nc2ccc(NC(=O)CCN3CCOCC3)cc2[nH]1. The van der Waals surface area contributed by atoms with E-state index in [-0.39, 0.29) is 11.7 Å². The number of nitrogens with one attached hydrogen (secondary N) is 2. The van der Waals surface area contributed by atoms with E-state index in [0.717, 1.165) is 19.3 Å². The molecule has 0 spiro atoms. The number of nitrogens with zero attached hydrogens (tertiary/aromatic N) is 4. The van der Waals surface area contributed by atoms with Gasteiger partial charge in [-0.1, -0.05) is 0 Å². The fraction of sp³-hybridized carbons (Fsp3) is 0.381. The molecule has 2 aromatic heterocycles. The number of ether oxygens (including phenoxy) is 1. The van der Waals surface area contributed by atoms with Crippen LogP contribution in [-0.4, -0.2) is 69.5 Å². The molecule has 3 aromatic rings. The van der Waals surface area contributed by atoms with Crippen LogP contribution in [0.1, 0.15) is 29.7 Å². The number of carbonyl (C=O) groups excluding carboxylic acids is 2. The number of aromatic nitrogens is 4. The molecule has 0 radical (unpaired) electrons. The van der Waals surface area contributed by atoms with Gasteiger partial charge in [-0.25, -0.2) is 15.0 Å². The number of benzene rings is 1. The Hall–Kier alpha value is -3.58. The molecule has 3 heterocycles. The monoisotopic (exact) mass is 477 g/mol.